The summed E-state index contributed by atoms with van der Waals surface area (Å²) in [5, 5.41) is 9.68. The van der Waals surface area contributed by atoms with Crippen molar-refractivity contribution < 1.29 is 9.84 Å². The predicted octanol–water partition coefficient (Wildman–Crippen LogP) is 1.75. The Morgan fingerprint density at radius 3 is 3.00 bits per heavy atom. The standard InChI is InChI=1S/C13H20N2O2/c1-2-13(16)12-5-4-11(10-14-12)15-6-3-8-17-9-7-15/h4-5,10,13,16H,2-3,6-9H2,1H3/t13-/m0/s1. The van der Waals surface area contributed by atoms with E-state index in [-0.39, 0.29) is 0 Å². The highest BCUT2D eigenvalue weighted by Crippen LogP contribution is 2.19. The maximum atomic E-state index is 9.68. The Bertz CT molecular complexity index is 332. The van der Waals surface area contributed by atoms with Gasteiger partial charge in [-0.2, -0.15) is 0 Å². The summed E-state index contributed by atoms with van der Waals surface area (Å²) < 4.78 is 5.42. The van der Waals surface area contributed by atoms with Crippen LogP contribution in [0.2, 0.25) is 0 Å². The first-order valence-corrected chi connectivity index (χ1v) is 6.28. The molecule has 1 N–H and O–H groups in total. The van der Waals surface area contributed by atoms with Crippen LogP contribution >= 0.6 is 0 Å². The van der Waals surface area contributed by atoms with Crippen LogP contribution in [0.15, 0.2) is 18.3 Å². The van der Waals surface area contributed by atoms with E-state index in [9.17, 15) is 5.11 Å². The van der Waals surface area contributed by atoms with Gasteiger partial charge in [-0.3, -0.25) is 4.98 Å². The number of nitrogens with zero attached hydrogens (tertiary/aromatic N) is 2. The number of aliphatic hydroxyl groups excluding tert-OH is 1. The molecule has 1 aliphatic rings. The van der Waals surface area contributed by atoms with Crippen molar-refractivity contribution in [3.8, 4) is 0 Å². The third-order valence-corrected chi connectivity index (χ3v) is 3.09. The van der Waals surface area contributed by atoms with Gasteiger partial charge in [0.15, 0.2) is 0 Å². The van der Waals surface area contributed by atoms with Gasteiger partial charge in [-0.05, 0) is 25.0 Å². The molecule has 1 aliphatic heterocycles. The first kappa shape index (κ1) is 12.3. The molecule has 0 bridgehead atoms. The van der Waals surface area contributed by atoms with Gasteiger partial charge in [0.05, 0.1) is 30.3 Å². The summed E-state index contributed by atoms with van der Waals surface area (Å²) >= 11 is 0. The number of hydrogen-bond acceptors (Lipinski definition) is 4. The van der Waals surface area contributed by atoms with Gasteiger partial charge in [0, 0.05) is 19.7 Å². The third kappa shape index (κ3) is 3.17. The molecule has 0 aromatic carbocycles. The van der Waals surface area contributed by atoms with Crippen molar-refractivity contribution in [2.45, 2.75) is 25.9 Å². The summed E-state index contributed by atoms with van der Waals surface area (Å²) in [4.78, 5) is 6.60. The fourth-order valence-electron chi connectivity index (χ4n) is 2.00. The molecule has 0 radical (unpaired) electrons. The topological polar surface area (TPSA) is 45.6 Å². The Morgan fingerprint density at radius 2 is 2.29 bits per heavy atom. The second kappa shape index (κ2) is 5.98. The molecule has 94 valence electrons. The summed E-state index contributed by atoms with van der Waals surface area (Å²) in [6.45, 7) is 5.50. The molecule has 0 spiro atoms. The number of rotatable bonds is 3. The first-order chi connectivity index (χ1) is 8.31. The second-order valence-corrected chi connectivity index (χ2v) is 4.32. The van der Waals surface area contributed by atoms with E-state index in [1.54, 1.807) is 0 Å². The molecule has 1 fully saturated rings. The van der Waals surface area contributed by atoms with E-state index in [2.05, 4.69) is 9.88 Å². The van der Waals surface area contributed by atoms with Crippen LogP contribution in [-0.4, -0.2) is 36.4 Å². The minimum atomic E-state index is -0.448. The Labute approximate surface area is 102 Å². The van der Waals surface area contributed by atoms with Crippen LogP contribution in [-0.2, 0) is 4.74 Å². The lowest BCUT2D eigenvalue weighted by atomic mass is 10.2. The van der Waals surface area contributed by atoms with Gasteiger partial charge >= 0.3 is 0 Å². The average Bonchev–Trinajstić information content (AvgIpc) is 2.67. The smallest absolute Gasteiger partial charge is 0.0957 e. The summed E-state index contributed by atoms with van der Waals surface area (Å²) in [5.41, 5.74) is 1.87. The summed E-state index contributed by atoms with van der Waals surface area (Å²) in [6, 6.07) is 3.95. The molecule has 0 aliphatic carbocycles. The number of anilines is 1. The van der Waals surface area contributed by atoms with Gasteiger partial charge < -0.3 is 14.7 Å². The predicted molar refractivity (Wildman–Crippen MR) is 67.1 cm³/mol. The lowest BCUT2D eigenvalue weighted by molar-refractivity contribution is 0.152. The highest BCUT2D eigenvalue weighted by Gasteiger charge is 2.11. The van der Waals surface area contributed by atoms with Crippen LogP contribution in [0.25, 0.3) is 0 Å². The summed E-state index contributed by atoms with van der Waals surface area (Å²) in [5.74, 6) is 0. The number of ether oxygens (including phenoxy) is 1. The fraction of sp³-hybridized carbons (Fsp3) is 0.615. The van der Waals surface area contributed by atoms with E-state index >= 15 is 0 Å². The zero-order valence-electron chi connectivity index (χ0n) is 10.3. The molecular weight excluding hydrogens is 216 g/mol. The maximum Gasteiger partial charge on any atom is 0.0957 e. The van der Waals surface area contributed by atoms with Crippen LogP contribution in [0, 0.1) is 0 Å². The number of aromatic nitrogens is 1. The number of aliphatic hydroxyl groups is 1. The van der Waals surface area contributed by atoms with Crippen molar-refractivity contribution in [2.75, 3.05) is 31.2 Å². The molecule has 1 aromatic heterocycles. The molecule has 0 unspecified atom stereocenters. The fourth-order valence-corrected chi connectivity index (χ4v) is 2.00. The van der Waals surface area contributed by atoms with E-state index in [1.165, 1.54) is 0 Å². The molecule has 4 nitrogen and oxygen atoms in total. The van der Waals surface area contributed by atoms with Crippen LogP contribution in [0.3, 0.4) is 0 Å². The quantitative estimate of drug-likeness (QED) is 0.868. The highest BCUT2D eigenvalue weighted by molar-refractivity contribution is 5.44. The Morgan fingerprint density at radius 1 is 1.41 bits per heavy atom. The normalized spacial score (nSPS) is 18.8. The summed E-state index contributed by atoms with van der Waals surface area (Å²) in [7, 11) is 0. The molecule has 4 heteroatoms. The molecule has 1 saturated heterocycles. The number of hydrogen-bond donors (Lipinski definition) is 1. The van der Waals surface area contributed by atoms with Gasteiger partial charge in [0.2, 0.25) is 0 Å². The van der Waals surface area contributed by atoms with E-state index in [0.717, 1.165) is 44.1 Å². The zero-order chi connectivity index (χ0) is 12.1. The molecular formula is C13H20N2O2. The van der Waals surface area contributed by atoms with E-state index in [0.29, 0.717) is 6.42 Å². The van der Waals surface area contributed by atoms with Crippen molar-refractivity contribution >= 4 is 5.69 Å². The van der Waals surface area contributed by atoms with E-state index in [1.807, 2.05) is 25.3 Å². The van der Waals surface area contributed by atoms with E-state index < -0.39 is 6.10 Å². The van der Waals surface area contributed by atoms with Crippen molar-refractivity contribution in [3.05, 3.63) is 24.0 Å². The molecule has 1 atom stereocenters. The first-order valence-electron chi connectivity index (χ1n) is 6.28. The molecule has 2 heterocycles. The van der Waals surface area contributed by atoms with Crippen LogP contribution in [0.4, 0.5) is 5.69 Å². The van der Waals surface area contributed by atoms with Crippen molar-refractivity contribution in [3.63, 3.8) is 0 Å². The largest absolute Gasteiger partial charge is 0.387 e. The lowest BCUT2D eigenvalue weighted by Crippen LogP contribution is -2.26. The molecule has 1 aromatic rings. The van der Waals surface area contributed by atoms with Crippen LogP contribution in [0.5, 0.6) is 0 Å². The minimum Gasteiger partial charge on any atom is -0.387 e. The third-order valence-electron chi connectivity index (χ3n) is 3.09. The van der Waals surface area contributed by atoms with Crippen molar-refractivity contribution in [1.82, 2.24) is 4.98 Å². The maximum absolute atomic E-state index is 9.68. The highest BCUT2D eigenvalue weighted by atomic mass is 16.5. The average molecular weight is 236 g/mol. The monoisotopic (exact) mass is 236 g/mol. The Hall–Kier alpha value is -1.13. The van der Waals surface area contributed by atoms with Gasteiger partial charge in [0.25, 0.3) is 0 Å². The van der Waals surface area contributed by atoms with Crippen LogP contribution in [0.1, 0.15) is 31.6 Å². The Balaban J connectivity index is 2.05. The zero-order valence-corrected chi connectivity index (χ0v) is 10.3. The SMILES string of the molecule is CC[C@H](O)c1ccc(N2CCCOCC2)cn1. The molecule has 17 heavy (non-hydrogen) atoms. The van der Waals surface area contributed by atoms with Crippen LogP contribution < -0.4 is 4.90 Å². The van der Waals surface area contributed by atoms with Crippen molar-refractivity contribution in [2.24, 2.45) is 0 Å². The lowest BCUT2D eigenvalue weighted by Gasteiger charge is -2.21. The molecule has 2 rings (SSSR count). The molecule has 0 saturated carbocycles. The van der Waals surface area contributed by atoms with E-state index in [4.69, 9.17) is 4.74 Å². The molecule has 0 amide bonds. The van der Waals surface area contributed by atoms with Gasteiger partial charge in [-0.25, -0.2) is 0 Å². The van der Waals surface area contributed by atoms with Crippen molar-refractivity contribution in [1.29, 1.82) is 0 Å². The van der Waals surface area contributed by atoms with Gasteiger partial charge in [0.1, 0.15) is 0 Å². The Kier molecular flexibility index (Phi) is 4.34. The number of pyridine rings is 1. The summed E-state index contributed by atoms with van der Waals surface area (Å²) in [6.07, 6.45) is 3.15. The van der Waals surface area contributed by atoms with Gasteiger partial charge in [-0.1, -0.05) is 6.92 Å². The van der Waals surface area contributed by atoms with Gasteiger partial charge in [-0.15, -0.1) is 0 Å². The minimum absolute atomic E-state index is 0.448. The second-order valence-electron chi connectivity index (χ2n) is 4.32.